The molecule has 158 valence electrons. The van der Waals surface area contributed by atoms with E-state index in [-0.39, 0.29) is 30.7 Å². The average molecular weight is 399 g/mol. The molecule has 1 atom stereocenters. The average Bonchev–Trinajstić information content (AvgIpc) is 2.70. The van der Waals surface area contributed by atoms with Crippen molar-refractivity contribution >= 4 is 11.8 Å². The number of ether oxygens (including phenoxy) is 1. The highest BCUT2D eigenvalue weighted by molar-refractivity contribution is 5.83. The molecule has 2 N–H and O–H groups in total. The quantitative estimate of drug-likeness (QED) is 0.700. The van der Waals surface area contributed by atoms with Gasteiger partial charge in [-0.2, -0.15) is 0 Å². The summed E-state index contributed by atoms with van der Waals surface area (Å²) in [5, 5.41) is 6.14. The van der Waals surface area contributed by atoms with Crippen molar-refractivity contribution in [1.82, 2.24) is 10.6 Å². The molecule has 4 aliphatic carbocycles. The van der Waals surface area contributed by atoms with E-state index >= 15 is 0 Å². The predicted molar refractivity (Wildman–Crippen MR) is 112 cm³/mol. The minimum atomic E-state index is -0.0922. The van der Waals surface area contributed by atoms with Crippen molar-refractivity contribution in [2.24, 2.45) is 23.2 Å². The molecular formula is C24H34N2O3. The van der Waals surface area contributed by atoms with Gasteiger partial charge >= 0.3 is 0 Å². The normalized spacial score (nSPS) is 30.6. The number of methoxy groups -OCH3 is 1. The first-order valence-corrected chi connectivity index (χ1v) is 11.1. The first-order chi connectivity index (χ1) is 14.0. The van der Waals surface area contributed by atoms with Crippen LogP contribution in [0, 0.1) is 23.2 Å². The summed E-state index contributed by atoms with van der Waals surface area (Å²) in [4.78, 5) is 24.7. The molecule has 4 bridgehead atoms. The van der Waals surface area contributed by atoms with Crippen molar-refractivity contribution in [2.45, 2.75) is 70.9 Å². The van der Waals surface area contributed by atoms with Gasteiger partial charge in [-0.3, -0.25) is 9.59 Å². The molecule has 29 heavy (non-hydrogen) atoms. The molecule has 5 heteroatoms. The Morgan fingerprint density at radius 2 is 1.69 bits per heavy atom. The second-order valence-corrected chi connectivity index (χ2v) is 9.70. The summed E-state index contributed by atoms with van der Waals surface area (Å²) < 4.78 is 5.20. The highest BCUT2D eigenvalue weighted by Gasteiger charge is 2.53. The highest BCUT2D eigenvalue weighted by atomic mass is 16.5. The van der Waals surface area contributed by atoms with Gasteiger partial charge in [0, 0.05) is 25.4 Å². The molecule has 4 saturated carbocycles. The fourth-order valence-electron chi connectivity index (χ4n) is 6.47. The minimum Gasteiger partial charge on any atom is -0.497 e. The van der Waals surface area contributed by atoms with E-state index in [1.807, 2.05) is 24.3 Å². The van der Waals surface area contributed by atoms with E-state index in [0.29, 0.717) is 12.0 Å². The van der Waals surface area contributed by atoms with Crippen molar-refractivity contribution in [1.29, 1.82) is 0 Å². The lowest BCUT2D eigenvalue weighted by atomic mass is 9.48. The summed E-state index contributed by atoms with van der Waals surface area (Å²) in [6.45, 7) is 2.63. The van der Waals surface area contributed by atoms with E-state index in [9.17, 15) is 9.59 Å². The van der Waals surface area contributed by atoms with Gasteiger partial charge in [-0.05, 0) is 86.3 Å². The zero-order chi connectivity index (χ0) is 20.4. The first-order valence-electron chi connectivity index (χ1n) is 11.1. The zero-order valence-electron chi connectivity index (χ0n) is 17.7. The van der Waals surface area contributed by atoms with Gasteiger partial charge in [0.15, 0.2) is 0 Å². The molecule has 0 aromatic heterocycles. The van der Waals surface area contributed by atoms with E-state index in [2.05, 4.69) is 17.6 Å². The van der Waals surface area contributed by atoms with Crippen LogP contribution in [0.4, 0.5) is 0 Å². The lowest BCUT2D eigenvalue weighted by Crippen LogP contribution is -2.55. The fraction of sp³-hybridized carbons (Fsp3) is 0.667. The molecule has 2 amide bonds. The Labute approximate surface area is 174 Å². The summed E-state index contributed by atoms with van der Waals surface area (Å²) in [6, 6.07) is 7.84. The molecule has 0 saturated heterocycles. The zero-order valence-corrected chi connectivity index (χ0v) is 17.7. The van der Waals surface area contributed by atoms with Crippen molar-refractivity contribution in [3.05, 3.63) is 29.8 Å². The van der Waals surface area contributed by atoms with Gasteiger partial charge in [0.25, 0.3) is 0 Å². The second kappa shape index (κ2) is 8.37. The van der Waals surface area contributed by atoms with Gasteiger partial charge in [0.05, 0.1) is 7.11 Å². The fourth-order valence-corrected chi connectivity index (χ4v) is 6.47. The lowest BCUT2D eigenvalue weighted by Gasteiger charge is -2.59. The molecule has 0 radical (unpaired) electrons. The Bertz CT molecular complexity index is 725. The number of benzene rings is 1. The summed E-state index contributed by atoms with van der Waals surface area (Å²) >= 11 is 0. The van der Waals surface area contributed by atoms with Gasteiger partial charge in [0.2, 0.25) is 11.8 Å². The number of carbonyl (C=O) groups excluding carboxylic acids is 2. The van der Waals surface area contributed by atoms with Crippen LogP contribution in [0.15, 0.2) is 24.3 Å². The topological polar surface area (TPSA) is 67.4 Å². The van der Waals surface area contributed by atoms with Crippen LogP contribution in [0.3, 0.4) is 0 Å². The molecular weight excluding hydrogens is 364 g/mol. The van der Waals surface area contributed by atoms with Crippen LogP contribution >= 0.6 is 0 Å². The smallest absolute Gasteiger partial charge is 0.220 e. The van der Waals surface area contributed by atoms with Gasteiger partial charge in [0.1, 0.15) is 5.75 Å². The molecule has 4 aliphatic rings. The van der Waals surface area contributed by atoms with E-state index in [0.717, 1.165) is 29.1 Å². The maximum absolute atomic E-state index is 12.5. The second-order valence-electron chi connectivity index (χ2n) is 9.70. The van der Waals surface area contributed by atoms with Gasteiger partial charge in [-0.25, -0.2) is 0 Å². The van der Waals surface area contributed by atoms with Crippen molar-refractivity contribution in [3.8, 4) is 5.75 Å². The van der Waals surface area contributed by atoms with E-state index < -0.39 is 0 Å². The molecule has 0 unspecified atom stereocenters. The number of nitrogens with one attached hydrogen (secondary N) is 2. The molecule has 5 nitrogen and oxygen atoms in total. The third kappa shape index (κ3) is 4.59. The van der Waals surface area contributed by atoms with Gasteiger partial charge < -0.3 is 15.4 Å². The lowest BCUT2D eigenvalue weighted by molar-refractivity contribution is -0.129. The SMILES string of the molecule is COc1cccc(CNC(=O)CCC(=O)N[C@H](C)C23CC4CC(CC(C4)C2)C3)c1. The monoisotopic (exact) mass is 398 g/mol. The molecule has 0 spiro atoms. The summed E-state index contributed by atoms with van der Waals surface area (Å²) in [7, 11) is 1.63. The van der Waals surface area contributed by atoms with Crippen molar-refractivity contribution in [3.63, 3.8) is 0 Å². The van der Waals surface area contributed by atoms with Crippen LogP contribution in [0.25, 0.3) is 0 Å². The molecule has 5 rings (SSSR count). The minimum absolute atomic E-state index is 0.00442. The van der Waals surface area contributed by atoms with Crippen LogP contribution in [0.1, 0.15) is 63.9 Å². The number of amides is 2. The van der Waals surface area contributed by atoms with Gasteiger partial charge in [-0.15, -0.1) is 0 Å². The maximum Gasteiger partial charge on any atom is 0.220 e. The Hall–Kier alpha value is -2.04. The van der Waals surface area contributed by atoms with E-state index in [4.69, 9.17) is 4.74 Å². The third-order valence-electron chi connectivity index (χ3n) is 7.58. The Balaban J connectivity index is 1.21. The first kappa shape index (κ1) is 20.2. The van der Waals surface area contributed by atoms with E-state index in [1.165, 1.54) is 38.5 Å². The highest BCUT2D eigenvalue weighted by Crippen LogP contribution is 2.61. The van der Waals surface area contributed by atoms with Crippen LogP contribution in [0.5, 0.6) is 5.75 Å². The third-order valence-corrected chi connectivity index (χ3v) is 7.58. The molecule has 4 fully saturated rings. The molecule has 1 aromatic rings. The maximum atomic E-state index is 12.5. The van der Waals surface area contributed by atoms with Crippen LogP contribution in [0.2, 0.25) is 0 Å². The van der Waals surface area contributed by atoms with Crippen LogP contribution < -0.4 is 15.4 Å². The number of hydrogen-bond acceptors (Lipinski definition) is 3. The molecule has 0 heterocycles. The van der Waals surface area contributed by atoms with Crippen molar-refractivity contribution in [2.75, 3.05) is 7.11 Å². The van der Waals surface area contributed by atoms with Crippen LogP contribution in [-0.4, -0.2) is 25.0 Å². The Morgan fingerprint density at radius 3 is 2.31 bits per heavy atom. The standard InChI is InChI=1S/C24H34N2O3/c1-16(24-12-18-8-19(13-24)10-20(9-18)14-24)26-23(28)7-6-22(27)25-15-17-4-3-5-21(11-17)29-2/h3-5,11,16,18-20H,6-10,12-15H2,1-2H3,(H,25,27)(H,26,28)/t16-,18?,19?,20?,24?/m1/s1. The number of rotatable bonds is 8. The van der Waals surface area contributed by atoms with Crippen molar-refractivity contribution < 1.29 is 14.3 Å². The largest absolute Gasteiger partial charge is 0.497 e. The Kier molecular flexibility index (Phi) is 5.84. The summed E-state index contributed by atoms with van der Waals surface area (Å²) in [6.07, 6.45) is 8.54. The van der Waals surface area contributed by atoms with Gasteiger partial charge in [-0.1, -0.05) is 12.1 Å². The predicted octanol–water partition coefficient (Wildman–Crippen LogP) is 3.81. The number of hydrogen-bond donors (Lipinski definition) is 2. The molecule has 0 aliphatic heterocycles. The van der Waals surface area contributed by atoms with E-state index in [1.54, 1.807) is 7.11 Å². The summed E-state index contributed by atoms with van der Waals surface area (Å²) in [5.41, 5.74) is 1.29. The Morgan fingerprint density at radius 1 is 1.07 bits per heavy atom. The van der Waals surface area contributed by atoms with Crippen LogP contribution in [-0.2, 0) is 16.1 Å². The number of carbonyl (C=O) groups is 2. The summed E-state index contributed by atoms with van der Waals surface area (Å²) in [5.74, 6) is 3.32. The molecule has 1 aromatic carbocycles.